The fraction of sp³-hybridized carbons (Fsp3) is 0.231. The number of rotatable bonds is 4. The van der Waals surface area contributed by atoms with Crippen molar-refractivity contribution in [3.8, 4) is 0 Å². The number of aromatic nitrogens is 2. The molecule has 2 rings (SSSR count). The van der Waals surface area contributed by atoms with Crippen LogP contribution >= 0.6 is 11.8 Å². The first-order valence-electron chi connectivity index (χ1n) is 5.80. The van der Waals surface area contributed by atoms with Gasteiger partial charge in [0.2, 0.25) is 0 Å². The maximum absolute atomic E-state index is 12.4. The van der Waals surface area contributed by atoms with Gasteiger partial charge >= 0.3 is 6.18 Å². The minimum Gasteiger partial charge on any atom is -0.316 e. The fourth-order valence-corrected chi connectivity index (χ4v) is 2.37. The van der Waals surface area contributed by atoms with Gasteiger partial charge in [0.05, 0.1) is 5.56 Å². The van der Waals surface area contributed by atoms with Gasteiger partial charge in [-0.2, -0.15) is 13.2 Å². The summed E-state index contributed by atoms with van der Waals surface area (Å²) in [5.41, 5.74) is 0.222. The zero-order valence-corrected chi connectivity index (χ0v) is 11.4. The maximum Gasteiger partial charge on any atom is 0.417 e. The van der Waals surface area contributed by atoms with Gasteiger partial charge in [-0.25, -0.2) is 9.97 Å². The Kier molecular flexibility index (Phi) is 4.61. The first-order valence-corrected chi connectivity index (χ1v) is 6.62. The van der Waals surface area contributed by atoms with Gasteiger partial charge in [0.25, 0.3) is 0 Å². The molecule has 7 heteroatoms. The van der Waals surface area contributed by atoms with Crippen molar-refractivity contribution in [2.45, 2.75) is 22.8 Å². The second-order valence-corrected chi connectivity index (χ2v) is 4.99. The number of halogens is 3. The Morgan fingerprint density at radius 3 is 2.60 bits per heavy atom. The molecule has 2 aromatic heterocycles. The Morgan fingerprint density at radius 1 is 1.20 bits per heavy atom. The zero-order chi connectivity index (χ0) is 14.6. The van der Waals surface area contributed by atoms with Gasteiger partial charge in [0, 0.05) is 18.9 Å². The van der Waals surface area contributed by atoms with Gasteiger partial charge in [-0.15, -0.1) is 0 Å². The summed E-state index contributed by atoms with van der Waals surface area (Å²) >= 11 is 1.24. The molecular formula is C13H12F3N3S. The Bertz CT molecular complexity index is 570. The topological polar surface area (TPSA) is 37.8 Å². The number of alkyl halides is 3. The van der Waals surface area contributed by atoms with E-state index in [1.54, 1.807) is 6.20 Å². The van der Waals surface area contributed by atoms with Crippen molar-refractivity contribution in [2.24, 2.45) is 0 Å². The number of hydrogen-bond donors (Lipinski definition) is 1. The molecule has 106 valence electrons. The molecule has 20 heavy (non-hydrogen) atoms. The summed E-state index contributed by atoms with van der Waals surface area (Å²) in [6, 6.07) is 6.11. The van der Waals surface area contributed by atoms with Crippen LogP contribution in [0.3, 0.4) is 0 Å². The lowest BCUT2D eigenvalue weighted by molar-refractivity contribution is -0.137. The van der Waals surface area contributed by atoms with Gasteiger partial charge in [-0.3, -0.25) is 0 Å². The van der Waals surface area contributed by atoms with Crippen LogP contribution in [0.4, 0.5) is 13.2 Å². The van der Waals surface area contributed by atoms with Gasteiger partial charge in [-0.1, -0.05) is 6.07 Å². The predicted molar refractivity (Wildman–Crippen MR) is 70.4 cm³/mol. The normalized spacial score (nSPS) is 11.6. The molecule has 2 heterocycles. The SMILES string of the molecule is CNCc1cccnc1Sc1ccc(C(F)(F)F)cn1. The standard InChI is InChI=1S/C13H12F3N3S/c1-17-7-9-3-2-6-18-12(9)20-11-5-4-10(8-19-11)13(14,15)16/h2-6,8,17H,7H2,1H3. The summed E-state index contributed by atoms with van der Waals surface area (Å²) in [7, 11) is 1.82. The highest BCUT2D eigenvalue weighted by molar-refractivity contribution is 7.99. The predicted octanol–water partition coefficient (Wildman–Crippen LogP) is 3.37. The third kappa shape index (κ3) is 3.71. The number of hydrogen-bond acceptors (Lipinski definition) is 4. The van der Waals surface area contributed by atoms with Crippen LogP contribution in [-0.4, -0.2) is 17.0 Å². The Morgan fingerprint density at radius 2 is 2.00 bits per heavy atom. The van der Waals surface area contributed by atoms with E-state index in [9.17, 15) is 13.2 Å². The smallest absolute Gasteiger partial charge is 0.316 e. The molecule has 0 aliphatic carbocycles. The van der Waals surface area contributed by atoms with Crippen molar-refractivity contribution in [2.75, 3.05) is 7.05 Å². The zero-order valence-electron chi connectivity index (χ0n) is 10.6. The van der Waals surface area contributed by atoms with E-state index in [0.717, 1.165) is 22.9 Å². The lowest BCUT2D eigenvalue weighted by atomic mass is 10.3. The summed E-state index contributed by atoms with van der Waals surface area (Å²) in [4.78, 5) is 8.05. The van der Waals surface area contributed by atoms with Crippen molar-refractivity contribution < 1.29 is 13.2 Å². The van der Waals surface area contributed by atoms with Crippen LogP contribution in [0.25, 0.3) is 0 Å². The highest BCUT2D eigenvalue weighted by Gasteiger charge is 2.30. The van der Waals surface area contributed by atoms with Gasteiger partial charge in [0.1, 0.15) is 10.1 Å². The van der Waals surface area contributed by atoms with E-state index in [2.05, 4.69) is 15.3 Å². The molecule has 0 aliphatic rings. The number of nitrogens with zero attached hydrogens (tertiary/aromatic N) is 2. The van der Waals surface area contributed by atoms with Gasteiger partial charge in [0.15, 0.2) is 0 Å². The van der Waals surface area contributed by atoms with Crippen LogP contribution < -0.4 is 5.32 Å². The molecule has 0 unspecified atom stereocenters. The molecule has 1 N–H and O–H groups in total. The van der Waals surface area contributed by atoms with Crippen LogP contribution in [-0.2, 0) is 12.7 Å². The Balaban J connectivity index is 2.18. The monoisotopic (exact) mass is 299 g/mol. The van der Waals surface area contributed by atoms with E-state index in [0.29, 0.717) is 11.6 Å². The van der Waals surface area contributed by atoms with Crippen molar-refractivity contribution in [1.29, 1.82) is 0 Å². The average molecular weight is 299 g/mol. The molecule has 0 radical (unpaired) electrons. The number of nitrogens with one attached hydrogen (secondary N) is 1. The van der Waals surface area contributed by atoms with Gasteiger partial charge in [-0.05, 0) is 42.6 Å². The average Bonchev–Trinajstić information content (AvgIpc) is 2.41. The third-order valence-electron chi connectivity index (χ3n) is 2.48. The van der Waals surface area contributed by atoms with Crippen molar-refractivity contribution >= 4 is 11.8 Å². The minimum absolute atomic E-state index is 0.481. The Hall–Kier alpha value is -1.60. The molecule has 0 fully saturated rings. The number of pyridine rings is 2. The minimum atomic E-state index is -4.36. The van der Waals surface area contributed by atoms with E-state index in [4.69, 9.17) is 0 Å². The quantitative estimate of drug-likeness (QED) is 0.939. The largest absolute Gasteiger partial charge is 0.417 e. The van der Waals surface area contributed by atoms with Crippen molar-refractivity contribution in [1.82, 2.24) is 15.3 Å². The highest BCUT2D eigenvalue weighted by Crippen LogP contribution is 2.31. The molecule has 0 atom stereocenters. The van der Waals surface area contributed by atoms with E-state index in [1.807, 2.05) is 19.2 Å². The summed E-state index contributed by atoms with van der Waals surface area (Å²) in [6.45, 7) is 0.636. The van der Waals surface area contributed by atoms with Crippen molar-refractivity contribution in [3.05, 3.63) is 47.8 Å². The van der Waals surface area contributed by atoms with E-state index >= 15 is 0 Å². The molecule has 2 aromatic rings. The van der Waals surface area contributed by atoms with Crippen LogP contribution in [0.15, 0.2) is 46.7 Å². The Labute approximate surface area is 118 Å². The first kappa shape index (κ1) is 14.8. The second-order valence-electron chi connectivity index (χ2n) is 3.98. The van der Waals surface area contributed by atoms with E-state index in [-0.39, 0.29) is 0 Å². The van der Waals surface area contributed by atoms with Crippen LogP contribution in [0.1, 0.15) is 11.1 Å². The summed E-state index contributed by atoms with van der Waals surface area (Å²) in [5.74, 6) is 0. The second kappa shape index (κ2) is 6.23. The lowest BCUT2D eigenvalue weighted by Crippen LogP contribution is -2.07. The van der Waals surface area contributed by atoms with E-state index < -0.39 is 11.7 Å². The van der Waals surface area contributed by atoms with E-state index in [1.165, 1.54) is 17.8 Å². The fourth-order valence-electron chi connectivity index (χ4n) is 1.55. The molecular weight excluding hydrogens is 287 g/mol. The summed E-state index contributed by atoms with van der Waals surface area (Å²) < 4.78 is 37.3. The molecule has 0 spiro atoms. The van der Waals surface area contributed by atoms with Crippen molar-refractivity contribution in [3.63, 3.8) is 0 Å². The lowest BCUT2D eigenvalue weighted by Gasteiger charge is -2.08. The first-order chi connectivity index (χ1) is 9.50. The summed E-state index contributed by atoms with van der Waals surface area (Å²) in [6.07, 6.45) is -1.88. The molecule has 3 nitrogen and oxygen atoms in total. The molecule has 0 saturated heterocycles. The highest BCUT2D eigenvalue weighted by atomic mass is 32.2. The maximum atomic E-state index is 12.4. The molecule has 0 aromatic carbocycles. The molecule has 0 saturated carbocycles. The molecule has 0 bridgehead atoms. The van der Waals surface area contributed by atoms with Crippen LogP contribution in [0, 0.1) is 0 Å². The third-order valence-corrected chi connectivity index (χ3v) is 3.49. The molecule has 0 aliphatic heterocycles. The van der Waals surface area contributed by atoms with Gasteiger partial charge < -0.3 is 5.32 Å². The molecule has 0 amide bonds. The summed E-state index contributed by atoms with van der Waals surface area (Å²) in [5, 5.41) is 4.23. The van der Waals surface area contributed by atoms with Crippen LogP contribution in [0.5, 0.6) is 0 Å². The van der Waals surface area contributed by atoms with Crippen LogP contribution in [0.2, 0.25) is 0 Å².